The van der Waals surface area contributed by atoms with E-state index in [0.29, 0.717) is 13.0 Å². The van der Waals surface area contributed by atoms with Crippen molar-refractivity contribution >= 4 is 22.6 Å². The summed E-state index contributed by atoms with van der Waals surface area (Å²) in [5.41, 5.74) is 0.907. The highest BCUT2D eigenvalue weighted by Gasteiger charge is 2.09. The minimum Gasteiger partial charge on any atom is -0.481 e. The first-order valence-electron chi connectivity index (χ1n) is 6.75. The Hall–Kier alpha value is -2.17. The third-order valence-electron chi connectivity index (χ3n) is 3.34. The number of carboxylic acids is 1. The molecule has 1 aromatic heterocycles. The number of carboxylic acid groups (broad SMARTS) is 1. The zero-order valence-electron chi connectivity index (χ0n) is 11.8. The number of nitrogens with one attached hydrogen (secondary N) is 1. The SMILES string of the molecule is Cc1nnc(NCC(C)CCC(=O)O)c2ccccc12. The number of carbonyl (C=O) groups is 1. The first-order valence-corrected chi connectivity index (χ1v) is 6.75. The van der Waals surface area contributed by atoms with Gasteiger partial charge in [-0.05, 0) is 19.3 Å². The van der Waals surface area contributed by atoms with Gasteiger partial charge in [0, 0.05) is 23.7 Å². The van der Waals surface area contributed by atoms with Crippen molar-refractivity contribution in [3.63, 3.8) is 0 Å². The lowest BCUT2D eigenvalue weighted by molar-refractivity contribution is -0.137. The molecule has 0 saturated heterocycles. The Morgan fingerprint density at radius 3 is 2.70 bits per heavy atom. The highest BCUT2D eigenvalue weighted by atomic mass is 16.4. The van der Waals surface area contributed by atoms with Gasteiger partial charge in [0.2, 0.25) is 0 Å². The molecule has 2 N–H and O–H groups in total. The van der Waals surface area contributed by atoms with Crippen molar-refractivity contribution in [3.05, 3.63) is 30.0 Å². The highest BCUT2D eigenvalue weighted by molar-refractivity contribution is 5.92. The molecule has 5 nitrogen and oxygen atoms in total. The molecule has 20 heavy (non-hydrogen) atoms. The largest absolute Gasteiger partial charge is 0.481 e. The van der Waals surface area contributed by atoms with Gasteiger partial charge in [-0.1, -0.05) is 31.2 Å². The molecule has 0 aliphatic rings. The van der Waals surface area contributed by atoms with Gasteiger partial charge in [0.1, 0.15) is 0 Å². The Bertz CT molecular complexity index is 613. The highest BCUT2D eigenvalue weighted by Crippen LogP contribution is 2.22. The van der Waals surface area contributed by atoms with E-state index in [4.69, 9.17) is 5.11 Å². The van der Waals surface area contributed by atoms with Crippen molar-refractivity contribution in [3.8, 4) is 0 Å². The summed E-state index contributed by atoms with van der Waals surface area (Å²) in [5.74, 6) is 0.277. The van der Waals surface area contributed by atoms with Crippen molar-refractivity contribution < 1.29 is 9.90 Å². The lowest BCUT2D eigenvalue weighted by Crippen LogP contribution is -2.14. The lowest BCUT2D eigenvalue weighted by Gasteiger charge is -2.13. The molecule has 1 atom stereocenters. The minimum atomic E-state index is -0.752. The fourth-order valence-electron chi connectivity index (χ4n) is 2.11. The van der Waals surface area contributed by atoms with Crippen molar-refractivity contribution in [1.29, 1.82) is 0 Å². The van der Waals surface area contributed by atoms with Gasteiger partial charge in [-0.25, -0.2) is 0 Å². The Balaban J connectivity index is 2.07. The number of aromatic nitrogens is 2. The van der Waals surface area contributed by atoms with Crippen LogP contribution >= 0.6 is 0 Å². The van der Waals surface area contributed by atoms with Crippen molar-refractivity contribution in [2.24, 2.45) is 5.92 Å². The van der Waals surface area contributed by atoms with E-state index < -0.39 is 5.97 Å². The van der Waals surface area contributed by atoms with Gasteiger partial charge < -0.3 is 10.4 Å². The molecule has 0 spiro atoms. The average molecular weight is 273 g/mol. The first-order chi connectivity index (χ1) is 9.58. The molecule has 0 aliphatic carbocycles. The maximum absolute atomic E-state index is 10.5. The van der Waals surface area contributed by atoms with E-state index in [9.17, 15) is 4.79 Å². The quantitative estimate of drug-likeness (QED) is 0.846. The molecular formula is C15H19N3O2. The molecule has 1 unspecified atom stereocenters. The minimum absolute atomic E-state index is 0.198. The number of aliphatic carboxylic acids is 1. The van der Waals surface area contributed by atoms with Crippen LogP contribution in [0.25, 0.3) is 10.8 Å². The van der Waals surface area contributed by atoms with Gasteiger partial charge in [-0.3, -0.25) is 4.79 Å². The molecule has 106 valence electrons. The van der Waals surface area contributed by atoms with Gasteiger partial charge in [-0.2, -0.15) is 5.10 Å². The van der Waals surface area contributed by atoms with Crippen LogP contribution < -0.4 is 5.32 Å². The van der Waals surface area contributed by atoms with Crippen LogP contribution in [-0.4, -0.2) is 27.8 Å². The number of anilines is 1. The summed E-state index contributed by atoms with van der Waals surface area (Å²) in [5, 5.41) is 22.4. The number of benzene rings is 1. The molecular weight excluding hydrogens is 254 g/mol. The van der Waals surface area contributed by atoms with Crippen molar-refractivity contribution in [2.45, 2.75) is 26.7 Å². The van der Waals surface area contributed by atoms with Gasteiger partial charge >= 0.3 is 5.97 Å². The monoisotopic (exact) mass is 273 g/mol. The topological polar surface area (TPSA) is 75.1 Å². The van der Waals surface area contributed by atoms with Crippen molar-refractivity contribution in [1.82, 2.24) is 10.2 Å². The second-order valence-electron chi connectivity index (χ2n) is 5.10. The van der Waals surface area contributed by atoms with E-state index in [2.05, 4.69) is 15.5 Å². The van der Waals surface area contributed by atoms with E-state index in [0.717, 1.165) is 22.3 Å². The Kier molecular flexibility index (Phi) is 4.50. The summed E-state index contributed by atoms with van der Waals surface area (Å²) < 4.78 is 0. The lowest BCUT2D eigenvalue weighted by atomic mass is 10.1. The zero-order chi connectivity index (χ0) is 14.5. The molecule has 0 radical (unpaired) electrons. The van der Waals surface area contributed by atoms with Crippen LogP contribution in [0.15, 0.2) is 24.3 Å². The third-order valence-corrected chi connectivity index (χ3v) is 3.34. The second kappa shape index (κ2) is 6.32. The number of nitrogens with zero attached hydrogens (tertiary/aromatic N) is 2. The predicted octanol–water partition coefficient (Wildman–Crippen LogP) is 2.85. The van der Waals surface area contributed by atoms with E-state index >= 15 is 0 Å². The molecule has 2 aromatic rings. The Labute approximate surface area is 118 Å². The van der Waals surface area contributed by atoms with Crippen LogP contribution in [0.4, 0.5) is 5.82 Å². The first kappa shape index (κ1) is 14.2. The molecule has 1 aromatic carbocycles. The Morgan fingerprint density at radius 1 is 1.30 bits per heavy atom. The number of hydrogen-bond donors (Lipinski definition) is 2. The van der Waals surface area contributed by atoms with Crippen LogP contribution in [0.2, 0.25) is 0 Å². The smallest absolute Gasteiger partial charge is 0.303 e. The van der Waals surface area contributed by atoms with Gasteiger partial charge in [0.05, 0.1) is 5.69 Å². The van der Waals surface area contributed by atoms with Crippen LogP contribution in [0.1, 0.15) is 25.5 Å². The average Bonchev–Trinajstić information content (AvgIpc) is 2.45. The van der Waals surface area contributed by atoms with Crippen molar-refractivity contribution in [2.75, 3.05) is 11.9 Å². The number of hydrogen-bond acceptors (Lipinski definition) is 4. The van der Waals surface area contributed by atoms with E-state index in [1.165, 1.54) is 0 Å². The fourth-order valence-corrected chi connectivity index (χ4v) is 2.11. The van der Waals surface area contributed by atoms with Gasteiger partial charge in [0.25, 0.3) is 0 Å². The van der Waals surface area contributed by atoms with Gasteiger partial charge in [-0.15, -0.1) is 5.10 Å². The zero-order valence-corrected chi connectivity index (χ0v) is 11.8. The van der Waals surface area contributed by atoms with Crippen LogP contribution in [0.5, 0.6) is 0 Å². The number of fused-ring (bicyclic) bond motifs is 1. The Morgan fingerprint density at radius 2 is 2.00 bits per heavy atom. The maximum Gasteiger partial charge on any atom is 0.303 e. The molecule has 0 saturated carbocycles. The number of rotatable bonds is 6. The predicted molar refractivity (Wildman–Crippen MR) is 78.8 cm³/mol. The van der Waals surface area contributed by atoms with E-state index in [-0.39, 0.29) is 12.3 Å². The maximum atomic E-state index is 10.5. The molecule has 0 fully saturated rings. The molecule has 0 aliphatic heterocycles. The standard InChI is InChI=1S/C15H19N3O2/c1-10(7-8-14(19)20)9-16-15-13-6-4-3-5-12(13)11(2)17-18-15/h3-6,10H,7-9H2,1-2H3,(H,16,18)(H,19,20). The summed E-state index contributed by atoms with van der Waals surface area (Å²) >= 11 is 0. The van der Waals surface area contributed by atoms with E-state index in [1.54, 1.807) is 0 Å². The normalized spacial score (nSPS) is 12.3. The fraction of sp³-hybridized carbons (Fsp3) is 0.400. The van der Waals surface area contributed by atoms with Gasteiger partial charge in [0.15, 0.2) is 5.82 Å². The van der Waals surface area contributed by atoms with Crippen LogP contribution in [0, 0.1) is 12.8 Å². The molecule has 0 bridgehead atoms. The van der Waals surface area contributed by atoms with Crippen LogP contribution in [0.3, 0.4) is 0 Å². The molecule has 2 rings (SSSR count). The summed E-state index contributed by atoms with van der Waals surface area (Å²) in [6.07, 6.45) is 0.850. The van der Waals surface area contributed by atoms with Crippen LogP contribution in [-0.2, 0) is 4.79 Å². The molecule has 1 heterocycles. The number of aryl methyl sites for hydroxylation is 1. The second-order valence-corrected chi connectivity index (χ2v) is 5.10. The summed E-state index contributed by atoms with van der Waals surface area (Å²) in [4.78, 5) is 10.5. The summed E-state index contributed by atoms with van der Waals surface area (Å²) in [7, 11) is 0. The third kappa shape index (κ3) is 3.44. The molecule has 5 heteroatoms. The summed E-state index contributed by atoms with van der Waals surface area (Å²) in [6.45, 7) is 4.66. The summed E-state index contributed by atoms with van der Waals surface area (Å²) in [6, 6.07) is 8.00. The van der Waals surface area contributed by atoms with E-state index in [1.807, 2.05) is 38.1 Å². The molecule has 0 amide bonds.